The third-order valence-corrected chi connectivity index (χ3v) is 7.29. The minimum absolute atomic E-state index is 0.179. The molecule has 6 heteroatoms. The van der Waals surface area contributed by atoms with Crippen LogP contribution in [0.2, 0.25) is 5.04 Å². The van der Waals surface area contributed by atoms with E-state index in [9.17, 15) is 0 Å². The fourth-order valence-corrected chi connectivity index (χ4v) is 5.81. The maximum atomic E-state index is 7.76. The van der Waals surface area contributed by atoms with E-state index in [-0.39, 0.29) is 10.9 Å². The Hall–Kier alpha value is -0.433. The van der Waals surface area contributed by atoms with E-state index in [2.05, 4.69) is 13.8 Å². The van der Waals surface area contributed by atoms with E-state index < -0.39 is 14.2 Å². The minimum atomic E-state index is -2.83. The average Bonchev–Trinajstić information content (AvgIpc) is 2.28. The topological polar surface area (TPSA) is 77.6 Å². The smallest absolute Gasteiger partial charge is 0.387 e. The van der Waals surface area contributed by atoms with Crippen LogP contribution < -0.4 is 5.73 Å². The Labute approximate surface area is 125 Å². The lowest BCUT2D eigenvalue weighted by Crippen LogP contribution is -2.56. The van der Waals surface area contributed by atoms with Crippen molar-refractivity contribution in [3.05, 3.63) is 0 Å². The van der Waals surface area contributed by atoms with Crippen LogP contribution in [0.4, 0.5) is 0 Å². The van der Waals surface area contributed by atoms with Crippen LogP contribution in [0.5, 0.6) is 0 Å². The first kappa shape index (κ1) is 19.6. The van der Waals surface area contributed by atoms with E-state index in [1.54, 1.807) is 0 Å². The molecule has 0 heterocycles. The van der Waals surface area contributed by atoms with Crippen LogP contribution in [0, 0.1) is 10.8 Å². The number of hydrogen-bond donors (Lipinski definition) is 2. The van der Waals surface area contributed by atoms with Gasteiger partial charge in [-0.05, 0) is 27.2 Å². The molecule has 0 fully saturated rings. The molecular weight excluding hydrogens is 272 g/mol. The van der Waals surface area contributed by atoms with Crippen molar-refractivity contribution < 1.29 is 13.3 Å². The number of nitrogens with two attached hydrogens (primary N) is 1. The second-order valence-electron chi connectivity index (χ2n) is 6.21. The summed E-state index contributed by atoms with van der Waals surface area (Å²) in [5.74, 6) is 0.179. The number of hydrogen-bond acceptors (Lipinski definition) is 4. The van der Waals surface area contributed by atoms with E-state index in [1.807, 2.05) is 34.6 Å². The molecule has 0 spiro atoms. The number of rotatable bonds is 10. The van der Waals surface area contributed by atoms with Gasteiger partial charge in [0, 0.05) is 30.3 Å². The van der Waals surface area contributed by atoms with Gasteiger partial charge in [0.15, 0.2) is 0 Å². The molecule has 20 heavy (non-hydrogen) atoms. The highest BCUT2D eigenvalue weighted by molar-refractivity contribution is 6.64. The molecule has 120 valence electrons. The molecule has 0 saturated heterocycles. The van der Waals surface area contributed by atoms with Crippen LogP contribution in [-0.2, 0) is 13.3 Å². The Bertz CT molecular complexity index is 303. The van der Waals surface area contributed by atoms with Crippen molar-refractivity contribution in [3.8, 4) is 0 Å². The lowest BCUT2D eigenvalue weighted by atomic mass is 9.82. The molecule has 0 saturated carbocycles. The van der Waals surface area contributed by atoms with Crippen molar-refractivity contribution in [2.75, 3.05) is 19.8 Å². The maximum Gasteiger partial charge on any atom is 0.506 e. The summed E-state index contributed by atoms with van der Waals surface area (Å²) in [5.41, 5.74) is 5.31. The van der Waals surface area contributed by atoms with Crippen LogP contribution in [0.25, 0.3) is 0 Å². The number of amidine groups is 1. The zero-order valence-corrected chi connectivity index (χ0v) is 15.1. The molecule has 0 aromatic rings. The van der Waals surface area contributed by atoms with Gasteiger partial charge in [0.1, 0.15) is 0 Å². The Morgan fingerprint density at radius 3 is 1.55 bits per heavy atom. The molecule has 0 unspecified atom stereocenters. The maximum absolute atomic E-state index is 7.76. The molecule has 0 atom stereocenters. The Balaban J connectivity index is 5.44. The summed E-state index contributed by atoms with van der Waals surface area (Å²) < 4.78 is 18.0. The van der Waals surface area contributed by atoms with Gasteiger partial charge < -0.3 is 19.0 Å². The summed E-state index contributed by atoms with van der Waals surface area (Å²) >= 11 is 0. The van der Waals surface area contributed by atoms with E-state index in [1.165, 1.54) is 0 Å². The first-order valence-corrected chi connectivity index (χ1v) is 9.07. The largest absolute Gasteiger partial charge is 0.506 e. The van der Waals surface area contributed by atoms with Crippen molar-refractivity contribution in [1.29, 1.82) is 5.41 Å². The first-order chi connectivity index (χ1) is 9.08. The summed E-state index contributed by atoms with van der Waals surface area (Å²) in [7, 11) is -2.83. The van der Waals surface area contributed by atoms with Gasteiger partial charge in [-0.25, -0.2) is 0 Å². The van der Waals surface area contributed by atoms with Gasteiger partial charge in [-0.2, -0.15) is 0 Å². The first-order valence-electron chi connectivity index (χ1n) is 7.35. The number of nitrogens with one attached hydrogen (secondary N) is 1. The van der Waals surface area contributed by atoms with Gasteiger partial charge in [-0.1, -0.05) is 27.7 Å². The highest BCUT2D eigenvalue weighted by atomic mass is 28.4. The monoisotopic (exact) mass is 304 g/mol. The Morgan fingerprint density at radius 1 is 0.950 bits per heavy atom. The predicted octanol–water partition coefficient (Wildman–Crippen LogP) is 3.17. The van der Waals surface area contributed by atoms with Gasteiger partial charge in [-0.3, -0.25) is 5.41 Å². The summed E-state index contributed by atoms with van der Waals surface area (Å²) in [6, 6.07) is 0. The molecule has 0 radical (unpaired) electrons. The van der Waals surface area contributed by atoms with Crippen molar-refractivity contribution in [2.24, 2.45) is 11.1 Å². The van der Waals surface area contributed by atoms with Crippen LogP contribution in [0.3, 0.4) is 0 Å². The van der Waals surface area contributed by atoms with Crippen molar-refractivity contribution in [3.63, 3.8) is 0 Å². The molecule has 0 rings (SSSR count). The lowest BCUT2D eigenvalue weighted by Gasteiger charge is -2.44. The van der Waals surface area contributed by atoms with E-state index in [0.29, 0.717) is 26.2 Å². The molecule has 0 aliphatic heterocycles. The Morgan fingerprint density at radius 2 is 1.30 bits per heavy atom. The zero-order chi connectivity index (χ0) is 16.0. The summed E-state index contributed by atoms with van der Waals surface area (Å²) in [6.07, 6.45) is 0.682. The molecular formula is C14H32N2O3Si. The van der Waals surface area contributed by atoms with Crippen molar-refractivity contribution in [2.45, 2.75) is 59.9 Å². The predicted molar refractivity (Wildman–Crippen MR) is 85.0 cm³/mol. The summed E-state index contributed by atoms with van der Waals surface area (Å²) in [5, 5.41) is 7.44. The standard InChI is InChI=1S/C14H32N2O3Si/c1-8-17-20(18-9-2,19-10-3)14(6,7)11-13(4,5)12(15)16/h8-11H2,1-7H3,(H3,15,16). The van der Waals surface area contributed by atoms with Gasteiger partial charge in [0.05, 0.1) is 5.84 Å². The quantitative estimate of drug-likeness (QED) is 0.369. The molecule has 0 aromatic carbocycles. The SMILES string of the molecule is CCO[Si](OCC)(OCC)C(C)(C)CC(C)(C)C(=N)N. The fourth-order valence-electron chi connectivity index (χ4n) is 2.59. The molecule has 5 nitrogen and oxygen atoms in total. The van der Waals surface area contributed by atoms with E-state index in [4.69, 9.17) is 24.4 Å². The normalized spacial score (nSPS) is 13.6. The van der Waals surface area contributed by atoms with Gasteiger partial charge in [0.25, 0.3) is 0 Å². The van der Waals surface area contributed by atoms with Gasteiger partial charge in [0.2, 0.25) is 0 Å². The van der Waals surface area contributed by atoms with Gasteiger partial charge >= 0.3 is 8.80 Å². The van der Waals surface area contributed by atoms with E-state index >= 15 is 0 Å². The molecule has 0 amide bonds. The molecule has 0 aliphatic carbocycles. The lowest BCUT2D eigenvalue weighted by molar-refractivity contribution is 0.0425. The summed E-state index contributed by atoms with van der Waals surface area (Å²) in [6.45, 7) is 15.6. The van der Waals surface area contributed by atoms with Crippen molar-refractivity contribution >= 4 is 14.6 Å². The third kappa shape index (κ3) is 4.55. The fraction of sp³-hybridized carbons (Fsp3) is 0.929. The second-order valence-corrected chi connectivity index (χ2v) is 9.55. The van der Waals surface area contributed by atoms with Crippen LogP contribution >= 0.6 is 0 Å². The average molecular weight is 305 g/mol. The zero-order valence-electron chi connectivity index (χ0n) is 14.1. The summed E-state index contributed by atoms with van der Waals surface area (Å²) in [4.78, 5) is 0. The minimum Gasteiger partial charge on any atom is -0.387 e. The molecule has 0 bridgehead atoms. The highest BCUT2D eigenvalue weighted by Crippen LogP contribution is 2.48. The third-order valence-electron chi connectivity index (χ3n) is 3.44. The molecule has 0 aromatic heterocycles. The molecule has 3 N–H and O–H groups in total. The highest BCUT2D eigenvalue weighted by Gasteiger charge is 2.57. The second kappa shape index (κ2) is 7.54. The van der Waals surface area contributed by atoms with Crippen LogP contribution in [0.1, 0.15) is 54.9 Å². The van der Waals surface area contributed by atoms with Crippen molar-refractivity contribution in [1.82, 2.24) is 0 Å². The van der Waals surface area contributed by atoms with E-state index in [0.717, 1.165) is 0 Å². The van der Waals surface area contributed by atoms with Crippen LogP contribution in [-0.4, -0.2) is 34.5 Å². The van der Waals surface area contributed by atoms with Gasteiger partial charge in [-0.15, -0.1) is 0 Å². The molecule has 0 aliphatic rings. The van der Waals surface area contributed by atoms with Crippen LogP contribution in [0.15, 0.2) is 0 Å². The Kier molecular flexibility index (Phi) is 7.38.